The fourth-order valence-corrected chi connectivity index (χ4v) is 4.42. The molecule has 130 valence electrons. The molecule has 0 spiro atoms. The SMILES string of the molecule is CCOC(=O)c1csc2c1CCN(Cc1cnc3[nH]nc(C)c3c1)C2. The summed E-state index contributed by atoms with van der Waals surface area (Å²) in [7, 11) is 0. The lowest BCUT2D eigenvalue weighted by Crippen LogP contribution is -2.30. The Morgan fingerprint density at radius 2 is 2.36 bits per heavy atom. The summed E-state index contributed by atoms with van der Waals surface area (Å²) in [5.74, 6) is -0.196. The highest BCUT2D eigenvalue weighted by atomic mass is 32.1. The van der Waals surface area contributed by atoms with Crippen LogP contribution in [0.5, 0.6) is 0 Å². The number of hydrogen-bond acceptors (Lipinski definition) is 6. The molecule has 0 radical (unpaired) electrons. The van der Waals surface area contributed by atoms with Crippen LogP contribution in [0, 0.1) is 6.92 Å². The van der Waals surface area contributed by atoms with Gasteiger partial charge in [-0.2, -0.15) is 5.10 Å². The minimum absolute atomic E-state index is 0.196. The lowest BCUT2D eigenvalue weighted by molar-refractivity contribution is 0.0525. The van der Waals surface area contributed by atoms with Gasteiger partial charge in [0.1, 0.15) is 0 Å². The number of pyridine rings is 1. The lowest BCUT2D eigenvalue weighted by atomic mass is 10.0. The molecule has 0 aliphatic carbocycles. The van der Waals surface area contributed by atoms with Gasteiger partial charge in [0.25, 0.3) is 0 Å². The molecule has 4 rings (SSSR count). The van der Waals surface area contributed by atoms with E-state index in [4.69, 9.17) is 4.74 Å². The van der Waals surface area contributed by atoms with E-state index >= 15 is 0 Å². The molecule has 25 heavy (non-hydrogen) atoms. The first-order chi connectivity index (χ1) is 12.2. The van der Waals surface area contributed by atoms with Gasteiger partial charge in [0.15, 0.2) is 5.65 Å². The molecule has 0 amide bonds. The van der Waals surface area contributed by atoms with Crippen molar-refractivity contribution >= 4 is 28.3 Å². The van der Waals surface area contributed by atoms with Gasteiger partial charge in [-0.05, 0) is 37.5 Å². The average Bonchev–Trinajstić information content (AvgIpc) is 3.19. The standard InChI is InChI=1S/C18H20N4O2S/c1-3-24-18(23)15-10-25-16-9-22(5-4-13(15)16)8-12-6-14-11(2)20-21-17(14)19-7-12/h6-7,10H,3-5,8-9H2,1-2H3,(H,19,20,21). The molecule has 3 aromatic rings. The van der Waals surface area contributed by atoms with E-state index in [1.54, 1.807) is 11.3 Å². The normalized spacial score (nSPS) is 14.6. The van der Waals surface area contributed by atoms with Gasteiger partial charge in [-0.15, -0.1) is 11.3 Å². The maximum absolute atomic E-state index is 12.0. The number of aromatic nitrogens is 3. The molecule has 0 saturated carbocycles. The zero-order valence-electron chi connectivity index (χ0n) is 14.3. The van der Waals surface area contributed by atoms with Gasteiger partial charge >= 0.3 is 5.97 Å². The summed E-state index contributed by atoms with van der Waals surface area (Å²) in [6, 6.07) is 2.16. The number of H-pyrrole nitrogens is 1. The van der Waals surface area contributed by atoms with E-state index in [0.29, 0.717) is 6.61 Å². The van der Waals surface area contributed by atoms with Crippen LogP contribution in [0.15, 0.2) is 17.6 Å². The highest BCUT2D eigenvalue weighted by Crippen LogP contribution is 2.30. The molecule has 0 unspecified atom stereocenters. The second-order valence-corrected chi connectivity index (χ2v) is 7.25. The van der Waals surface area contributed by atoms with Gasteiger partial charge in [0.2, 0.25) is 0 Å². The number of rotatable bonds is 4. The largest absolute Gasteiger partial charge is 0.462 e. The highest BCUT2D eigenvalue weighted by Gasteiger charge is 2.24. The average molecular weight is 356 g/mol. The van der Waals surface area contributed by atoms with E-state index in [2.05, 4.69) is 26.1 Å². The predicted molar refractivity (Wildman–Crippen MR) is 96.7 cm³/mol. The monoisotopic (exact) mass is 356 g/mol. The van der Waals surface area contributed by atoms with E-state index < -0.39 is 0 Å². The molecule has 1 aliphatic rings. The smallest absolute Gasteiger partial charge is 0.339 e. The molecule has 1 N–H and O–H groups in total. The van der Waals surface area contributed by atoms with Crippen LogP contribution in [-0.4, -0.2) is 39.2 Å². The molecule has 6 nitrogen and oxygen atoms in total. The molecule has 4 heterocycles. The highest BCUT2D eigenvalue weighted by molar-refractivity contribution is 7.10. The van der Waals surface area contributed by atoms with Gasteiger partial charge in [0, 0.05) is 41.5 Å². The molecule has 0 bridgehead atoms. The molecule has 0 fully saturated rings. The second-order valence-electron chi connectivity index (χ2n) is 6.28. The number of thiophene rings is 1. The van der Waals surface area contributed by atoms with Crippen LogP contribution >= 0.6 is 11.3 Å². The molecular formula is C18H20N4O2S. The fraction of sp³-hybridized carbons (Fsp3) is 0.389. The quantitative estimate of drug-likeness (QED) is 0.728. The number of aromatic amines is 1. The Morgan fingerprint density at radius 3 is 3.20 bits per heavy atom. The maximum Gasteiger partial charge on any atom is 0.339 e. The first-order valence-electron chi connectivity index (χ1n) is 8.44. The van der Waals surface area contributed by atoms with Gasteiger partial charge in [-0.3, -0.25) is 10.00 Å². The van der Waals surface area contributed by atoms with E-state index in [1.165, 1.54) is 16.0 Å². The van der Waals surface area contributed by atoms with Crippen molar-refractivity contribution < 1.29 is 9.53 Å². The van der Waals surface area contributed by atoms with Crippen LogP contribution in [0.3, 0.4) is 0 Å². The molecular weight excluding hydrogens is 336 g/mol. The zero-order chi connectivity index (χ0) is 17.4. The topological polar surface area (TPSA) is 71.1 Å². The van der Waals surface area contributed by atoms with Crippen molar-refractivity contribution in [3.8, 4) is 0 Å². The summed E-state index contributed by atoms with van der Waals surface area (Å²) in [6.45, 7) is 6.88. The van der Waals surface area contributed by atoms with Gasteiger partial charge in [-0.25, -0.2) is 9.78 Å². The minimum Gasteiger partial charge on any atom is -0.462 e. The molecule has 7 heteroatoms. The Balaban J connectivity index is 1.50. The third kappa shape index (κ3) is 3.05. The first kappa shape index (κ1) is 16.2. The van der Waals surface area contributed by atoms with Crippen molar-refractivity contribution in [2.75, 3.05) is 13.2 Å². The number of ether oxygens (including phenoxy) is 1. The number of carbonyl (C=O) groups excluding carboxylic acids is 1. The molecule has 3 aromatic heterocycles. The zero-order valence-corrected chi connectivity index (χ0v) is 15.2. The van der Waals surface area contributed by atoms with Crippen LogP contribution in [0.4, 0.5) is 0 Å². The molecule has 1 aliphatic heterocycles. The molecule has 0 aromatic carbocycles. The van der Waals surface area contributed by atoms with Gasteiger partial charge < -0.3 is 4.74 Å². The Morgan fingerprint density at radius 1 is 1.48 bits per heavy atom. The van der Waals surface area contributed by atoms with E-state index in [9.17, 15) is 4.79 Å². The van der Waals surface area contributed by atoms with Crippen LogP contribution in [0.2, 0.25) is 0 Å². The number of carbonyl (C=O) groups is 1. The first-order valence-corrected chi connectivity index (χ1v) is 9.32. The van der Waals surface area contributed by atoms with E-state index in [0.717, 1.165) is 48.3 Å². The summed E-state index contributed by atoms with van der Waals surface area (Å²) in [5, 5.41) is 10.2. The summed E-state index contributed by atoms with van der Waals surface area (Å²) in [5.41, 5.74) is 4.90. The number of nitrogens with zero attached hydrogens (tertiary/aromatic N) is 3. The number of fused-ring (bicyclic) bond motifs is 2. The number of esters is 1. The summed E-state index contributed by atoms with van der Waals surface area (Å²) < 4.78 is 5.16. The van der Waals surface area contributed by atoms with Gasteiger partial charge in [-0.1, -0.05) is 0 Å². The summed E-state index contributed by atoms with van der Waals surface area (Å²) in [4.78, 5) is 20.2. The maximum atomic E-state index is 12.0. The third-order valence-corrected chi connectivity index (χ3v) is 5.60. The third-order valence-electron chi connectivity index (χ3n) is 4.59. The summed E-state index contributed by atoms with van der Waals surface area (Å²) in [6.07, 6.45) is 2.79. The number of hydrogen-bond donors (Lipinski definition) is 1. The van der Waals surface area contributed by atoms with E-state index in [-0.39, 0.29) is 5.97 Å². The van der Waals surface area contributed by atoms with Crippen LogP contribution in [0.1, 0.15) is 39.0 Å². The van der Waals surface area contributed by atoms with Crippen molar-refractivity contribution in [1.29, 1.82) is 0 Å². The number of nitrogens with one attached hydrogen (secondary N) is 1. The Bertz CT molecular complexity index is 930. The van der Waals surface area contributed by atoms with Crippen molar-refractivity contribution in [2.45, 2.75) is 33.4 Å². The fourth-order valence-electron chi connectivity index (χ4n) is 3.31. The van der Waals surface area contributed by atoms with Crippen molar-refractivity contribution in [3.05, 3.63) is 44.9 Å². The van der Waals surface area contributed by atoms with Crippen molar-refractivity contribution in [2.24, 2.45) is 0 Å². The minimum atomic E-state index is -0.196. The Kier molecular flexibility index (Phi) is 4.27. The Hall–Kier alpha value is -2.25. The summed E-state index contributed by atoms with van der Waals surface area (Å²) >= 11 is 1.65. The van der Waals surface area contributed by atoms with E-state index in [1.807, 2.05) is 25.4 Å². The van der Waals surface area contributed by atoms with Gasteiger partial charge in [0.05, 0.1) is 17.9 Å². The van der Waals surface area contributed by atoms with Crippen molar-refractivity contribution in [1.82, 2.24) is 20.1 Å². The van der Waals surface area contributed by atoms with Crippen LogP contribution < -0.4 is 0 Å². The molecule has 0 atom stereocenters. The lowest BCUT2D eigenvalue weighted by Gasteiger charge is -2.27. The predicted octanol–water partition coefficient (Wildman–Crippen LogP) is 3.06. The number of aryl methyl sites for hydroxylation is 1. The second kappa shape index (κ2) is 6.57. The van der Waals surface area contributed by atoms with Crippen molar-refractivity contribution in [3.63, 3.8) is 0 Å². The van der Waals surface area contributed by atoms with Crippen LogP contribution in [-0.2, 0) is 24.2 Å². The van der Waals surface area contributed by atoms with Crippen LogP contribution in [0.25, 0.3) is 11.0 Å². The molecule has 0 saturated heterocycles. The Labute approximate surface area is 149 Å².